The zero-order chi connectivity index (χ0) is 15.5. The van der Waals surface area contributed by atoms with Crippen molar-refractivity contribution in [3.63, 3.8) is 0 Å². The normalized spacial score (nSPS) is 21.5. The van der Waals surface area contributed by atoms with E-state index < -0.39 is 0 Å². The molecular weight excluding hydrogens is 260 g/mol. The lowest BCUT2D eigenvalue weighted by Gasteiger charge is -2.18. The maximum Gasteiger partial charge on any atom is 0.191 e. The van der Waals surface area contributed by atoms with Gasteiger partial charge in [0.25, 0.3) is 0 Å². The molecule has 2 N–H and O–H groups in total. The second kappa shape index (κ2) is 10.9. The summed E-state index contributed by atoms with van der Waals surface area (Å²) in [4.78, 5) is 7.32. The van der Waals surface area contributed by atoms with Gasteiger partial charge in [0.2, 0.25) is 0 Å². The highest BCUT2D eigenvalue weighted by molar-refractivity contribution is 5.80. The summed E-state index contributed by atoms with van der Waals surface area (Å²) >= 11 is 0. The predicted octanol–water partition coefficient (Wildman–Crippen LogP) is 2.85. The number of likely N-dealkylation sites (tertiary alicyclic amines) is 1. The Hall–Kier alpha value is -0.770. The van der Waals surface area contributed by atoms with Gasteiger partial charge in [0.1, 0.15) is 0 Å². The number of hydrogen-bond donors (Lipinski definition) is 2. The smallest absolute Gasteiger partial charge is 0.191 e. The van der Waals surface area contributed by atoms with Crippen LogP contribution in [0.15, 0.2) is 4.99 Å². The van der Waals surface area contributed by atoms with Crippen LogP contribution in [0.3, 0.4) is 0 Å². The molecule has 1 saturated heterocycles. The zero-order valence-electron chi connectivity index (χ0n) is 14.6. The van der Waals surface area contributed by atoms with E-state index in [1.54, 1.807) is 0 Å². The number of nitrogens with zero attached hydrogens (tertiary/aromatic N) is 2. The maximum atomic E-state index is 4.80. The largest absolute Gasteiger partial charge is 0.357 e. The van der Waals surface area contributed by atoms with Crippen LogP contribution in [0.25, 0.3) is 0 Å². The lowest BCUT2D eigenvalue weighted by Crippen LogP contribution is -2.42. The molecule has 1 heterocycles. The molecule has 2 atom stereocenters. The number of guanidine groups is 1. The van der Waals surface area contributed by atoms with E-state index in [4.69, 9.17) is 4.99 Å². The summed E-state index contributed by atoms with van der Waals surface area (Å²) in [5.74, 6) is 1.73. The number of unbranched alkanes of at least 4 members (excludes halogenated alkanes) is 2. The van der Waals surface area contributed by atoms with E-state index in [2.05, 4.69) is 43.2 Å². The van der Waals surface area contributed by atoms with Crippen LogP contribution in [-0.2, 0) is 0 Å². The summed E-state index contributed by atoms with van der Waals surface area (Å²) in [6.07, 6.45) is 6.44. The minimum absolute atomic E-state index is 0.505. The standard InChI is InChI=1S/C17H36N4/c1-5-8-9-10-15(4)20-17(18-6-2)19-13-16-11-12-21(7-3)14-16/h15-16H,5-14H2,1-4H3,(H2,18,19,20). The molecule has 1 aliphatic heterocycles. The average Bonchev–Trinajstić information content (AvgIpc) is 2.93. The Labute approximate surface area is 131 Å². The Morgan fingerprint density at radius 3 is 2.71 bits per heavy atom. The topological polar surface area (TPSA) is 39.7 Å². The van der Waals surface area contributed by atoms with Crippen molar-refractivity contribution >= 4 is 5.96 Å². The molecule has 124 valence electrons. The van der Waals surface area contributed by atoms with Gasteiger partial charge in [-0.3, -0.25) is 4.99 Å². The lowest BCUT2D eigenvalue weighted by atomic mass is 10.1. The van der Waals surface area contributed by atoms with Crippen molar-refractivity contribution < 1.29 is 0 Å². The van der Waals surface area contributed by atoms with Gasteiger partial charge in [0.15, 0.2) is 5.96 Å². The number of rotatable bonds is 9. The van der Waals surface area contributed by atoms with Crippen LogP contribution in [0, 0.1) is 5.92 Å². The molecule has 4 heteroatoms. The van der Waals surface area contributed by atoms with E-state index in [0.717, 1.165) is 25.0 Å². The number of aliphatic imine (C=N–C) groups is 1. The quantitative estimate of drug-likeness (QED) is 0.390. The molecule has 0 radical (unpaired) electrons. The van der Waals surface area contributed by atoms with Crippen molar-refractivity contribution in [2.75, 3.05) is 32.7 Å². The van der Waals surface area contributed by atoms with Crippen LogP contribution >= 0.6 is 0 Å². The van der Waals surface area contributed by atoms with Crippen molar-refractivity contribution in [1.29, 1.82) is 0 Å². The Kier molecular flexibility index (Phi) is 9.48. The van der Waals surface area contributed by atoms with Crippen LogP contribution in [0.5, 0.6) is 0 Å². The summed E-state index contributed by atoms with van der Waals surface area (Å²) in [5, 5.41) is 6.93. The molecular formula is C17H36N4. The van der Waals surface area contributed by atoms with Crippen molar-refractivity contribution in [3.05, 3.63) is 0 Å². The Balaban J connectivity index is 2.35. The molecule has 0 bridgehead atoms. The second-order valence-corrected chi connectivity index (χ2v) is 6.31. The molecule has 0 aromatic carbocycles. The van der Waals surface area contributed by atoms with Crippen LogP contribution in [0.1, 0.15) is 59.8 Å². The van der Waals surface area contributed by atoms with E-state index in [-0.39, 0.29) is 0 Å². The third-order valence-electron chi connectivity index (χ3n) is 4.29. The first-order chi connectivity index (χ1) is 10.2. The first-order valence-electron chi connectivity index (χ1n) is 8.96. The zero-order valence-corrected chi connectivity index (χ0v) is 14.6. The summed E-state index contributed by atoms with van der Waals surface area (Å²) in [5.41, 5.74) is 0. The third kappa shape index (κ3) is 7.70. The summed E-state index contributed by atoms with van der Waals surface area (Å²) in [7, 11) is 0. The fraction of sp³-hybridized carbons (Fsp3) is 0.941. The maximum absolute atomic E-state index is 4.80. The van der Waals surface area contributed by atoms with Gasteiger partial charge in [-0.05, 0) is 45.7 Å². The molecule has 0 spiro atoms. The highest BCUT2D eigenvalue weighted by atomic mass is 15.2. The van der Waals surface area contributed by atoms with Gasteiger partial charge in [0, 0.05) is 25.7 Å². The van der Waals surface area contributed by atoms with Crippen molar-refractivity contribution in [1.82, 2.24) is 15.5 Å². The van der Waals surface area contributed by atoms with E-state index in [1.807, 2.05) is 0 Å². The van der Waals surface area contributed by atoms with Gasteiger partial charge in [0.05, 0.1) is 0 Å². The SMILES string of the molecule is CCCCCC(C)NC(=NCC1CCN(CC)C1)NCC. The third-order valence-corrected chi connectivity index (χ3v) is 4.29. The fourth-order valence-corrected chi connectivity index (χ4v) is 2.90. The van der Waals surface area contributed by atoms with E-state index in [9.17, 15) is 0 Å². The van der Waals surface area contributed by atoms with Crippen molar-refractivity contribution in [2.45, 2.75) is 65.8 Å². The van der Waals surface area contributed by atoms with Crippen molar-refractivity contribution in [3.8, 4) is 0 Å². The Morgan fingerprint density at radius 1 is 1.29 bits per heavy atom. The number of nitrogens with one attached hydrogen (secondary N) is 2. The van der Waals surface area contributed by atoms with Gasteiger partial charge in [-0.15, -0.1) is 0 Å². The molecule has 4 nitrogen and oxygen atoms in total. The van der Waals surface area contributed by atoms with Gasteiger partial charge >= 0.3 is 0 Å². The minimum Gasteiger partial charge on any atom is -0.357 e. The van der Waals surface area contributed by atoms with Gasteiger partial charge in [-0.1, -0.05) is 33.1 Å². The van der Waals surface area contributed by atoms with Crippen LogP contribution in [0.2, 0.25) is 0 Å². The molecule has 0 saturated carbocycles. The van der Waals surface area contributed by atoms with Crippen molar-refractivity contribution in [2.24, 2.45) is 10.9 Å². The molecule has 1 fully saturated rings. The molecule has 0 aromatic heterocycles. The average molecular weight is 297 g/mol. The van der Waals surface area contributed by atoms with E-state index in [0.29, 0.717) is 6.04 Å². The number of hydrogen-bond acceptors (Lipinski definition) is 2. The second-order valence-electron chi connectivity index (χ2n) is 6.31. The molecule has 2 unspecified atom stereocenters. The first kappa shape index (κ1) is 18.3. The highest BCUT2D eigenvalue weighted by Gasteiger charge is 2.20. The fourth-order valence-electron chi connectivity index (χ4n) is 2.90. The molecule has 0 aliphatic carbocycles. The summed E-state index contributed by atoms with van der Waals surface area (Å²) < 4.78 is 0. The van der Waals surface area contributed by atoms with Crippen LogP contribution in [0.4, 0.5) is 0 Å². The van der Waals surface area contributed by atoms with Gasteiger partial charge in [-0.25, -0.2) is 0 Å². The monoisotopic (exact) mass is 296 g/mol. The predicted molar refractivity (Wildman–Crippen MR) is 92.9 cm³/mol. The van der Waals surface area contributed by atoms with Gasteiger partial charge in [-0.2, -0.15) is 0 Å². The first-order valence-corrected chi connectivity index (χ1v) is 8.96. The molecule has 1 rings (SSSR count). The van der Waals surface area contributed by atoms with Crippen LogP contribution in [-0.4, -0.2) is 49.6 Å². The van der Waals surface area contributed by atoms with E-state index >= 15 is 0 Å². The van der Waals surface area contributed by atoms with Crippen LogP contribution < -0.4 is 10.6 Å². The molecule has 1 aliphatic rings. The molecule has 21 heavy (non-hydrogen) atoms. The van der Waals surface area contributed by atoms with Gasteiger partial charge < -0.3 is 15.5 Å². The summed E-state index contributed by atoms with van der Waals surface area (Å²) in [6.45, 7) is 14.4. The lowest BCUT2D eigenvalue weighted by molar-refractivity contribution is 0.343. The van der Waals surface area contributed by atoms with E-state index in [1.165, 1.54) is 51.7 Å². The molecule has 0 aromatic rings. The highest BCUT2D eigenvalue weighted by Crippen LogP contribution is 2.15. The molecule has 0 amide bonds. The minimum atomic E-state index is 0.505. The Bertz CT molecular complexity index is 291. The Morgan fingerprint density at radius 2 is 2.10 bits per heavy atom. The summed E-state index contributed by atoms with van der Waals surface area (Å²) in [6, 6.07) is 0.505.